The van der Waals surface area contributed by atoms with Crippen LogP contribution in [0.4, 0.5) is 5.69 Å². The summed E-state index contributed by atoms with van der Waals surface area (Å²) in [4.78, 5) is 8.29. The van der Waals surface area contributed by atoms with Gasteiger partial charge in [0.15, 0.2) is 17.5 Å². The molecule has 2 N–H and O–H groups in total. The fourth-order valence-electron chi connectivity index (χ4n) is 2.63. The van der Waals surface area contributed by atoms with Crippen LogP contribution in [0.2, 0.25) is 0 Å². The van der Waals surface area contributed by atoms with E-state index >= 15 is 0 Å². The van der Waals surface area contributed by atoms with Crippen molar-refractivity contribution in [3.05, 3.63) is 40.6 Å². The molecule has 2 rings (SSSR count). The van der Waals surface area contributed by atoms with Gasteiger partial charge >= 0.3 is 0 Å². The van der Waals surface area contributed by atoms with E-state index in [9.17, 15) is 0 Å². The molecule has 0 saturated carbocycles. The first-order valence-electron chi connectivity index (χ1n) is 9.15. The van der Waals surface area contributed by atoms with E-state index < -0.39 is 0 Å². The maximum Gasteiger partial charge on any atom is 0.195 e. The van der Waals surface area contributed by atoms with Crippen LogP contribution in [0, 0.1) is 0 Å². The van der Waals surface area contributed by atoms with Crippen molar-refractivity contribution in [1.29, 1.82) is 0 Å². The van der Waals surface area contributed by atoms with Gasteiger partial charge in [0.05, 0.1) is 26.3 Å². The molecule has 0 amide bonds. The number of thiophene rings is 1. The summed E-state index contributed by atoms with van der Waals surface area (Å²) in [5.74, 6) is 2.17. The third kappa shape index (κ3) is 7.14. The summed E-state index contributed by atoms with van der Waals surface area (Å²) in [5.41, 5.74) is 0.896. The number of rotatable bonds is 9. The number of hydrogen-bond donors (Lipinski definition) is 2. The molecule has 6 nitrogen and oxygen atoms in total. The van der Waals surface area contributed by atoms with E-state index in [-0.39, 0.29) is 30.0 Å². The third-order valence-electron chi connectivity index (χ3n) is 3.99. The quantitative estimate of drug-likeness (QED) is 0.292. The average molecular weight is 518 g/mol. The minimum Gasteiger partial charge on any atom is -0.493 e. The molecular weight excluding hydrogens is 487 g/mol. The second-order valence-corrected chi connectivity index (χ2v) is 7.12. The zero-order valence-electron chi connectivity index (χ0n) is 17.2. The van der Waals surface area contributed by atoms with E-state index in [2.05, 4.69) is 54.1 Å². The molecule has 0 aliphatic heterocycles. The van der Waals surface area contributed by atoms with Crippen molar-refractivity contribution >= 4 is 47.0 Å². The number of benzene rings is 1. The van der Waals surface area contributed by atoms with Crippen molar-refractivity contribution < 1.29 is 9.47 Å². The van der Waals surface area contributed by atoms with E-state index in [4.69, 9.17) is 14.5 Å². The summed E-state index contributed by atoms with van der Waals surface area (Å²) in [6, 6.07) is 10.3. The summed E-state index contributed by atoms with van der Waals surface area (Å²) in [6.45, 7) is 6.06. The molecule has 0 spiro atoms. The van der Waals surface area contributed by atoms with Gasteiger partial charge in [0.25, 0.3) is 0 Å². The van der Waals surface area contributed by atoms with Crippen LogP contribution in [0.15, 0.2) is 40.7 Å². The number of hydrogen-bond acceptors (Lipinski definition) is 5. The molecule has 0 aliphatic rings. The number of nitrogens with one attached hydrogen (secondary N) is 2. The minimum atomic E-state index is 0. The second kappa shape index (κ2) is 12.8. The van der Waals surface area contributed by atoms with Gasteiger partial charge in [0.1, 0.15) is 0 Å². The van der Waals surface area contributed by atoms with Crippen LogP contribution in [-0.2, 0) is 0 Å². The number of anilines is 1. The molecule has 1 heterocycles. The number of halogens is 1. The van der Waals surface area contributed by atoms with Gasteiger partial charge in [0, 0.05) is 23.2 Å². The van der Waals surface area contributed by atoms with Crippen LogP contribution in [0.3, 0.4) is 0 Å². The van der Waals surface area contributed by atoms with Crippen LogP contribution in [0.25, 0.3) is 0 Å². The van der Waals surface area contributed by atoms with Crippen molar-refractivity contribution in [2.75, 3.05) is 46.2 Å². The van der Waals surface area contributed by atoms with E-state index in [1.165, 1.54) is 4.88 Å². The van der Waals surface area contributed by atoms with Crippen LogP contribution < -0.4 is 20.1 Å². The number of nitrogens with zero attached hydrogens (tertiary/aromatic N) is 2. The Labute approximate surface area is 189 Å². The first-order valence-corrected chi connectivity index (χ1v) is 10.0. The largest absolute Gasteiger partial charge is 0.493 e. The molecule has 0 fully saturated rings. The van der Waals surface area contributed by atoms with E-state index in [0.717, 1.165) is 23.9 Å². The van der Waals surface area contributed by atoms with Crippen molar-refractivity contribution in [2.24, 2.45) is 4.99 Å². The summed E-state index contributed by atoms with van der Waals surface area (Å²) in [5, 5.41) is 8.75. The molecule has 0 aliphatic carbocycles. The van der Waals surface area contributed by atoms with E-state index in [1.807, 2.05) is 25.1 Å². The van der Waals surface area contributed by atoms with Crippen molar-refractivity contribution in [3.63, 3.8) is 0 Å². The molecule has 8 heteroatoms. The predicted octanol–water partition coefficient (Wildman–Crippen LogP) is 4.45. The molecule has 0 radical (unpaired) electrons. The Kier molecular flexibility index (Phi) is 11.2. The molecule has 156 valence electrons. The van der Waals surface area contributed by atoms with Crippen LogP contribution in [0.5, 0.6) is 11.5 Å². The lowest BCUT2D eigenvalue weighted by Crippen LogP contribution is -2.32. The molecular formula is C20H31IN4O2S. The smallest absolute Gasteiger partial charge is 0.195 e. The minimum absolute atomic E-state index is 0. The summed E-state index contributed by atoms with van der Waals surface area (Å²) < 4.78 is 11.0. The lowest BCUT2D eigenvalue weighted by atomic mass is 10.2. The number of ether oxygens (including phenoxy) is 2. The van der Waals surface area contributed by atoms with Gasteiger partial charge < -0.3 is 25.0 Å². The molecule has 28 heavy (non-hydrogen) atoms. The lowest BCUT2D eigenvalue weighted by molar-refractivity contribution is 0.310. The predicted molar refractivity (Wildman–Crippen MR) is 130 cm³/mol. The molecule has 1 unspecified atom stereocenters. The first-order chi connectivity index (χ1) is 13.1. The van der Waals surface area contributed by atoms with Crippen LogP contribution in [0.1, 0.15) is 24.8 Å². The summed E-state index contributed by atoms with van der Waals surface area (Å²) >= 11 is 1.76. The Morgan fingerprint density at radius 3 is 2.57 bits per heavy atom. The number of likely N-dealkylation sites (N-methyl/N-ethyl adjacent to an activating group) is 1. The Morgan fingerprint density at radius 1 is 1.21 bits per heavy atom. The van der Waals surface area contributed by atoms with Gasteiger partial charge in [-0.1, -0.05) is 6.07 Å². The highest BCUT2D eigenvalue weighted by atomic mass is 127. The average Bonchev–Trinajstić information content (AvgIpc) is 3.17. The summed E-state index contributed by atoms with van der Waals surface area (Å²) in [7, 11) is 5.80. The van der Waals surface area contributed by atoms with Crippen molar-refractivity contribution in [1.82, 2.24) is 10.2 Å². The standard InChI is InChI=1S/C20H30N4O2S.HI/c1-6-21-20(22-14-16(24(3)4)19-9-8-12-27-19)23-15-10-11-17(26-7-2)18(13-15)25-5;/h8-13,16H,6-7,14H2,1-5H3,(H2,21,22,23);1H. The Bertz CT molecular complexity index is 723. The van der Waals surface area contributed by atoms with E-state index in [1.54, 1.807) is 18.4 Å². The fourth-order valence-corrected chi connectivity index (χ4v) is 3.54. The highest BCUT2D eigenvalue weighted by Gasteiger charge is 2.15. The lowest BCUT2D eigenvalue weighted by Gasteiger charge is -2.22. The Balaban J connectivity index is 0.00000392. The van der Waals surface area contributed by atoms with Crippen LogP contribution in [-0.4, -0.2) is 51.8 Å². The Morgan fingerprint density at radius 2 is 2.00 bits per heavy atom. The molecule has 0 bridgehead atoms. The van der Waals surface area contributed by atoms with Crippen molar-refractivity contribution in [2.45, 2.75) is 19.9 Å². The molecule has 0 saturated heterocycles. The highest BCUT2D eigenvalue weighted by molar-refractivity contribution is 14.0. The second-order valence-electron chi connectivity index (χ2n) is 6.14. The highest BCUT2D eigenvalue weighted by Crippen LogP contribution is 2.30. The molecule has 1 atom stereocenters. The molecule has 2 aromatic rings. The molecule has 1 aromatic heterocycles. The number of aliphatic imine (C=N–C) groups is 1. The maximum atomic E-state index is 5.58. The van der Waals surface area contributed by atoms with E-state index in [0.29, 0.717) is 18.9 Å². The zero-order valence-corrected chi connectivity index (χ0v) is 20.3. The molecule has 1 aromatic carbocycles. The van der Waals surface area contributed by atoms with Gasteiger partial charge in [-0.25, -0.2) is 0 Å². The normalized spacial score (nSPS) is 12.3. The first kappa shape index (κ1) is 24.5. The van der Waals surface area contributed by atoms with Gasteiger partial charge in [-0.15, -0.1) is 35.3 Å². The van der Waals surface area contributed by atoms with Crippen LogP contribution >= 0.6 is 35.3 Å². The van der Waals surface area contributed by atoms with Gasteiger partial charge in [-0.3, -0.25) is 4.99 Å². The monoisotopic (exact) mass is 518 g/mol. The van der Waals surface area contributed by atoms with Gasteiger partial charge in [-0.05, 0) is 51.5 Å². The fraction of sp³-hybridized carbons (Fsp3) is 0.450. The maximum absolute atomic E-state index is 5.58. The topological polar surface area (TPSA) is 58.1 Å². The number of guanidine groups is 1. The van der Waals surface area contributed by atoms with Crippen molar-refractivity contribution in [3.8, 4) is 11.5 Å². The van der Waals surface area contributed by atoms with Gasteiger partial charge in [-0.2, -0.15) is 0 Å². The Hall–Kier alpha value is -1.52. The SMILES string of the molecule is CCNC(=NCC(c1cccs1)N(C)C)Nc1ccc(OCC)c(OC)c1.I. The zero-order chi connectivity index (χ0) is 19.6. The van der Waals surface area contributed by atoms with Gasteiger partial charge in [0.2, 0.25) is 0 Å². The number of methoxy groups -OCH3 is 1. The third-order valence-corrected chi connectivity index (χ3v) is 4.96. The summed E-state index contributed by atoms with van der Waals surface area (Å²) in [6.07, 6.45) is 0.